The number of sulfonamides is 1. The third kappa shape index (κ3) is 3.72. The second kappa shape index (κ2) is 7.39. The normalized spacial score (nSPS) is 18.8. The molecular weight excluding hydrogens is 386 g/mol. The van der Waals surface area contributed by atoms with Gasteiger partial charge in [0.2, 0.25) is 10.0 Å². The predicted molar refractivity (Wildman–Crippen MR) is 112 cm³/mol. The molecule has 6 nitrogen and oxygen atoms in total. The van der Waals surface area contributed by atoms with Crippen LogP contribution >= 0.6 is 0 Å². The van der Waals surface area contributed by atoms with Crippen molar-refractivity contribution in [3.63, 3.8) is 0 Å². The van der Waals surface area contributed by atoms with Gasteiger partial charge in [-0.25, -0.2) is 12.7 Å². The fraction of sp³-hybridized carbons (Fsp3) is 0.364. The Kier molecular flexibility index (Phi) is 4.72. The highest BCUT2D eigenvalue weighted by Gasteiger charge is 2.41. The summed E-state index contributed by atoms with van der Waals surface area (Å²) in [5.41, 5.74) is 2.07. The van der Waals surface area contributed by atoms with Crippen molar-refractivity contribution >= 4 is 20.8 Å². The summed E-state index contributed by atoms with van der Waals surface area (Å²) in [4.78, 5) is 8.48. The maximum absolute atomic E-state index is 12.5. The Labute approximate surface area is 170 Å². The Hall–Kier alpha value is -2.51. The van der Waals surface area contributed by atoms with Crippen LogP contribution in [0.15, 0.2) is 55.1 Å². The lowest BCUT2D eigenvalue weighted by Gasteiger charge is -2.31. The van der Waals surface area contributed by atoms with Crippen LogP contribution in [0.5, 0.6) is 5.75 Å². The van der Waals surface area contributed by atoms with Gasteiger partial charge in [0.25, 0.3) is 0 Å². The van der Waals surface area contributed by atoms with Crippen LogP contribution in [-0.4, -0.2) is 47.1 Å². The van der Waals surface area contributed by atoms with E-state index < -0.39 is 10.0 Å². The zero-order valence-corrected chi connectivity index (χ0v) is 16.9. The van der Waals surface area contributed by atoms with Gasteiger partial charge in [-0.1, -0.05) is 6.07 Å². The number of hydrogen-bond donors (Lipinski definition) is 0. The molecule has 0 unspecified atom stereocenters. The largest absolute Gasteiger partial charge is 0.490 e. The van der Waals surface area contributed by atoms with Gasteiger partial charge in [-0.3, -0.25) is 9.97 Å². The summed E-state index contributed by atoms with van der Waals surface area (Å²) < 4.78 is 33.0. The Morgan fingerprint density at radius 1 is 0.931 bits per heavy atom. The number of ether oxygens (including phenoxy) is 1. The zero-order valence-electron chi connectivity index (χ0n) is 16.1. The molecule has 5 rings (SSSR count). The first-order valence-electron chi connectivity index (χ1n) is 10.0. The van der Waals surface area contributed by atoms with Crippen molar-refractivity contribution < 1.29 is 13.2 Å². The topological polar surface area (TPSA) is 72.4 Å². The summed E-state index contributed by atoms with van der Waals surface area (Å²) in [7, 11) is -3.10. The van der Waals surface area contributed by atoms with E-state index in [1.807, 2.05) is 36.7 Å². The van der Waals surface area contributed by atoms with Crippen LogP contribution < -0.4 is 4.74 Å². The number of benzene rings is 1. The standard InChI is InChI=1S/C22H23N3O3S/c26-29(27,20-3-4-20)25-10-6-19(7-11-25)28-22-13-18(17-2-1-8-23-14-17)12-16-5-9-24-15-21(16)22/h1-2,5,8-9,12-15,19-20H,3-4,6-7,10-11H2. The van der Waals surface area contributed by atoms with Crippen molar-refractivity contribution in [2.45, 2.75) is 37.0 Å². The fourth-order valence-electron chi connectivity index (χ4n) is 3.92. The number of aromatic nitrogens is 2. The van der Waals surface area contributed by atoms with Crippen LogP contribution in [-0.2, 0) is 10.0 Å². The lowest BCUT2D eigenvalue weighted by atomic mass is 10.0. The molecule has 0 bridgehead atoms. The van der Waals surface area contributed by atoms with Crippen LogP contribution in [0, 0.1) is 0 Å². The number of hydrogen-bond acceptors (Lipinski definition) is 5. The van der Waals surface area contributed by atoms with Crippen molar-refractivity contribution in [2.24, 2.45) is 0 Å². The quantitative estimate of drug-likeness (QED) is 0.643. The van der Waals surface area contributed by atoms with Crippen molar-refractivity contribution in [3.05, 3.63) is 55.1 Å². The van der Waals surface area contributed by atoms with Gasteiger partial charge in [0.1, 0.15) is 11.9 Å². The second-order valence-corrected chi connectivity index (χ2v) is 9.99. The molecule has 2 aliphatic rings. The van der Waals surface area contributed by atoms with Crippen LogP contribution in [0.3, 0.4) is 0 Å². The summed E-state index contributed by atoms with van der Waals surface area (Å²) in [5.74, 6) is 0.790. The third-order valence-electron chi connectivity index (χ3n) is 5.71. The van der Waals surface area contributed by atoms with E-state index in [-0.39, 0.29) is 11.4 Å². The summed E-state index contributed by atoms with van der Waals surface area (Å²) in [6, 6.07) is 10.1. The number of fused-ring (bicyclic) bond motifs is 1. The van der Waals surface area contributed by atoms with Gasteiger partial charge >= 0.3 is 0 Å². The molecule has 150 valence electrons. The molecule has 2 fully saturated rings. The van der Waals surface area contributed by atoms with Gasteiger partial charge < -0.3 is 4.74 Å². The zero-order chi connectivity index (χ0) is 19.8. The van der Waals surface area contributed by atoms with Crippen LogP contribution in [0.1, 0.15) is 25.7 Å². The van der Waals surface area contributed by atoms with Gasteiger partial charge in [-0.2, -0.15) is 0 Å². The first-order chi connectivity index (χ1) is 14.1. The number of rotatable bonds is 5. The van der Waals surface area contributed by atoms with Gasteiger partial charge in [0, 0.05) is 48.8 Å². The van der Waals surface area contributed by atoms with E-state index in [4.69, 9.17) is 4.74 Å². The fourth-order valence-corrected chi connectivity index (χ4v) is 5.80. The first-order valence-corrected chi connectivity index (χ1v) is 11.6. The van der Waals surface area contributed by atoms with Crippen LogP contribution in [0.2, 0.25) is 0 Å². The average Bonchev–Trinajstić information content (AvgIpc) is 3.61. The smallest absolute Gasteiger partial charge is 0.216 e. The average molecular weight is 410 g/mol. The molecule has 3 aromatic rings. The Balaban J connectivity index is 1.39. The molecular formula is C22H23N3O3S. The van der Waals surface area contributed by atoms with Crippen LogP contribution in [0.4, 0.5) is 0 Å². The molecule has 0 amide bonds. The molecule has 0 spiro atoms. The van der Waals surface area contributed by atoms with Crippen molar-refractivity contribution in [1.82, 2.24) is 14.3 Å². The molecule has 29 heavy (non-hydrogen) atoms. The molecule has 1 aliphatic heterocycles. The molecule has 3 heterocycles. The molecule has 1 saturated carbocycles. The Morgan fingerprint density at radius 2 is 1.72 bits per heavy atom. The minimum Gasteiger partial charge on any atom is -0.490 e. The molecule has 2 aromatic heterocycles. The summed E-state index contributed by atoms with van der Waals surface area (Å²) >= 11 is 0. The molecule has 1 aliphatic carbocycles. The van der Waals surface area contributed by atoms with Gasteiger partial charge in [-0.15, -0.1) is 0 Å². The minimum absolute atomic E-state index is 0.00629. The Bertz CT molecular complexity index is 1120. The predicted octanol–water partition coefficient (Wildman–Crippen LogP) is 3.63. The van der Waals surface area contributed by atoms with E-state index >= 15 is 0 Å². The maximum atomic E-state index is 12.5. The molecule has 0 N–H and O–H groups in total. The van der Waals surface area contributed by atoms with Crippen LogP contribution in [0.25, 0.3) is 21.9 Å². The van der Waals surface area contributed by atoms with E-state index in [2.05, 4.69) is 16.0 Å². The van der Waals surface area contributed by atoms with Crippen molar-refractivity contribution in [3.8, 4) is 16.9 Å². The first kappa shape index (κ1) is 18.5. The highest BCUT2D eigenvalue weighted by atomic mass is 32.2. The molecule has 1 aromatic carbocycles. The highest BCUT2D eigenvalue weighted by Crippen LogP contribution is 2.35. The van der Waals surface area contributed by atoms with Crippen molar-refractivity contribution in [1.29, 1.82) is 0 Å². The van der Waals surface area contributed by atoms with E-state index in [1.165, 1.54) is 0 Å². The lowest BCUT2D eigenvalue weighted by molar-refractivity contribution is 0.137. The minimum atomic E-state index is -3.10. The number of pyridine rings is 2. The second-order valence-electron chi connectivity index (χ2n) is 7.77. The maximum Gasteiger partial charge on any atom is 0.216 e. The molecule has 0 radical (unpaired) electrons. The van der Waals surface area contributed by atoms with Gasteiger partial charge in [0.15, 0.2) is 0 Å². The van der Waals surface area contributed by atoms with E-state index in [0.717, 1.165) is 40.5 Å². The number of nitrogens with zero attached hydrogens (tertiary/aromatic N) is 3. The number of piperidine rings is 1. The van der Waals surface area contributed by atoms with Gasteiger partial charge in [-0.05, 0) is 60.9 Å². The van der Waals surface area contributed by atoms with E-state index in [1.54, 1.807) is 16.7 Å². The molecule has 7 heteroatoms. The summed E-state index contributed by atoms with van der Waals surface area (Å²) in [6.07, 6.45) is 10.2. The Morgan fingerprint density at radius 3 is 2.45 bits per heavy atom. The van der Waals surface area contributed by atoms with Gasteiger partial charge in [0.05, 0.1) is 5.25 Å². The summed E-state index contributed by atoms with van der Waals surface area (Å²) in [5, 5.41) is 1.88. The van der Waals surface area contributed by atoms with E-state index in [9.17, 15) is 8.42 Å². The SMILES string of the molecule is O=S(=O)(C1CC1)N1CCC(Oc2cc(-c3cccnc3)cc3ccncc23)CC1. The third-order valence-corrected chi connectivity index (χ3v) is 8.11. The molecule has 0 atom stereocenters. The lowest BCUT2D eigenvalue weighted by Crippen LogP contribution is -2.43. The van der Waals surface area contributed by atoms with Crippen molar-refractivity contribution in [2.75, 3.05) is 13.1 Å². The highest BCUT2D eigenvalue weighted by molar-refractivity contribution is 7.90. The molecule has 1 saturated heterocycles. The summed E-state index contributed by atoms with van der Waals surface area (Å²) in [6.45, 7) is 1.06. The van der Waals surface area contributed by atoms with E-state index in [0.29, 0.717) is 25.9 Å². The monoisotopic (exact) mass is 409 g/mol.